The van der Waals surface area contributed by atoms with Gasteiger partial charge in [0.15, 0.2) is 0 Å². The van der Waals surface area contributed by atoms with E-state index in [0.29, 0.717) is 11.3 Å². The zero-order valence-electron chi connectivity index (χ0n) is 10.9. The Kier molecular flexibility index (Phi) is 3.07. The average Bonchev–Trinajstić information content (AvgIpc) is 2.39. The Morgan fingerprint density at radius 1 is 1.06 bits per heavy atom. The number of benzene rings is 1. The molecule has 0 saturated carbocycles. The largest absolute Gasteiger partial charge is 0.376 e. The van der Waals surface area contributed by atoms with Crippen LogP contribution in [0.5, 0.6) is 0 Å². The van der Waals surface area contributed by atoms with Gasteiger partial charge in [0.1, 0.15) is 0 Å². The van der Waals surface area contributed by atoms with Gasteiger partial charge in [-0.05, 0) is 25.8 Å². The van der Waals surface area contributed by atoms with E-state index in [4.69, 9.17) is 0 Å². The highest BCUT2D eigenvalue weighted by atomic mass is 16.2. The molecule has 0 radical (unpaired) electrons. The lowest BCUT2D eigenvalue weighted by atomic mass is 9.95. The van der Waals surface area contributed by atoms with Gasteiger partial charge >= 0.3 is 0 Å². The molecule has 1 N–H and O–H groups in total. The lowest BCUT2D eigenvalue weighted by Crippen LogP contribution is -2.42. The summed E-state index contributed by atoms with van der Waals surface area (Å²) in [5.41, 5.74) is 0.786. The monoisotopic (exact) mass is 243 g/mol. The van der Waals surface area contributed by atoms with Gasteiger partial charge in [-0.25, -0.2) is 0 Å². The number of anilines is 1. The van der Waals surface area contributed by atoms with Crippen LogP contribution in [0, 0.1) is 0 Å². The zero-order valence-corrected chi connectivity index (χ0v) is 10.9. The van der Waals surface area contributed by atoms with E-state index in [1.807, 2.05) is 51.1 Å². The SMILES string of the molecule is CCC(C)(C)Nc1c(-c2ccccc2)c(=O)c1=O. The van der Waals surface area contributed by atoms with E-state index in [2.05, 4.69) is 5.32 Å². The van der Waals surface area contributed by atoms with Crippen LogP contribution in [0.4, 0.5) is 5.69 Å². The minimum Gasteiger partial charge on any atom is -0.376 e. The van der Waals surface area contributed by atoms with Crippen molar-refractivity contribution in [3.63, 3.8) is 0 Å². The molecule has 3 nitrogen and oxygen atoms in total. The van der Waals surface area contributed by atoms with Crippen molar-refractivity contribution in [2.75, 3.05) is 5.32 Å². The van der Waals surface area contributed by atoms with Crippen LogP contribution in [0.15, 0.2) is 39.9 Å². The lowest BCUT2D eigenvalue weighted by Gasteiger charge is -2.27. The van der Waals surface area contributed by atoms with Crippen molar-refractivity contribution in [2.45, 2.75) is 32.7 Å². The Bertz CT molecular complexity index is 619. The third kappa shape index (κ3) is 2.08. The summed E-state index contributed by atoms with van der Waals surface area (Å²) >= 11 is 0. The zero-order chi connectivity index (χ0) is 13.3. The molecule has 0 fully saturated rings. The fourth-order valence-corrected chi connectivity index (χ4v) is 1.82. The second-order valence-electron chi connectivity index (χ2n) is 5.14. The standard InChI is InChI=1S/C15H17NO2/c1-4-15(2,3)16-12-11(13(17)14(12)18)10-8-6-5-7-9-10/h5-9,16H,4H2,1-3H3. The first-order valence-corrected chi connectivity index (χ1v) is 6.13. The predicted octanol–water partition coefficient (Wildman–Crippen LogP) is 2.55. The van der Waals surface area contributed by atoms with Gasteiger partial charge in [-0.2, -0.15) is 0 Å². The van der Waals surface area contributed by atoms with E-state index in [1.54, 1.807) is 0 Å². The van der Waals surface area contributed by atoms with Crippen LogP contribution >= 0.6 is 0 Å². The number of hydrogen-bond acceptors (Lipinski definition) is 3. The summed E-state index contributed by atoms with van der Waals surface area (Å²) in [5.74, 6) is 0. The third-order valence-electron chi connectivity index (χ3n) is 3.32. The Morgan fingerprint density at radius 2 is 1.67 bits per heavy atom. The van der Waals surface area contributed by atoms with Gasteiger partial charge < -0.3 is 5.32 Å². The van der Waals surface area contributed by atoms with Gasteiger partial charge in [0.25, 0.3) is 0 Å². The summed E-state index contributed by atoms with van der Waals surface area (Å²) < 4.78 is 0. The molecule has 0 atom stereocenters. The number of rotatable bonds is 4. The first-order valence-electron chi connectivity index (χ1n) is 6.13. The van der Waals surface area contributed by atoms with Crippen molar-refractivity contribution in [1.29, 1.82) is 0 Å². The molecule has 0 aliphatic heterocycles. The van der Waals surface area contributed by atoms with E-state index < -0.39 is 10.9 Å². The second kappa shape index (κ2) is 4.41. The van der Waals surface area contributed by atoms with E-state index in [1.165, 1.54) is 0 Å². The number of nitrogens with one attached hydrogen (secondary N) is 1. The molecular formula is C15H17NO2. The Morgan fingerprint density at radius 3 is 2.22 bits per heavy atom. The summed E-state index contributed by atoms with van der Waals surface area (Å²) in [6, 6.07) is 9.31. The van der Waals surface area contributed by atoms with Gasteiger partial charge in [0.05, 0.1) is 11.3 Å². The van der Waals surface area contributed by atoms with Crippen LogP contribution in [0.3, 0.4) is 0 Å². The van der Waals surface area contributed by atoms with Crippen LogP contribution in [0.2, 0.25) is 0 Å². The van der Waals surface area contributed by atoms with Crippen molar-refractivity contribution in [3.8, 4) is 11.1 Å². The normalized spacial score (nSPS) is 11.7. The summed E-state index contributed by atoms with van der Waals surface area (Å²) in [4.78, 5) is 23.4. The topological polar surface area (TPSA) is 46.2 Å². The quantitative estimate of drug-likeness (QED) is 0.839. The van der Waals surface area contributed by atoms with Crippen molar-refractivity contribution in [1.82, 2.24) is 0 Å². The highest BCUT2D eigenvalue weighted by molar-refractivity contribution is 5.82. The maximum absolute atomic E-state index is 11.7. The minimum atomic E-state index is -0.407. The Balaban J connectivity index is 2.43. The molecule has 2 aromatic rings. The molecule has 18 heavy (non-hydrogen) atoms. The molecule has 0 aliphatic rings. The molecule has 0 bridgehead atoms. The summed E-state index contributed by atoms with van der Waals surface area (Å²) in [6.45, 7) is 6.07. The van der Waals surface area contributed by atoms with Gasteiger partial charge in [-0.3, -0.25) is 9.59 Å². The fraction of sp³-hybridized carbons (Fsp3) is 0.333. The van der Waals surface area contributed by atoms with Crippen molar-refractivity contribution >= 4 is 5.69 Å². The summed E-state index contributed by atoms with van der Waals surface area (Å²) in [5, 5.41) is 3.18. The van der Waals surface area contributed by atoms with E-state index in [0.717, 1.165) is 12.0 Å². The molecule has 3 heteroatoms. The lowest BCUT2D eigenvalue weighted by molar-refractivity contribution is 0.546. The Labute approximate surface area is 106 Å². The van der Waals surface area contributed by atoms with Crippen LogP contribution in [0.1, 0.15) is 27.2 Å². The minimum absolute atomic E-state index is 0.189. The molecule has 0 aliphatic carbocycles. The fourth-order valence-electron chi connectivity index (χ4n) is 1.82. The molecule has 0 saturated heterocycles. The molecule has 0 aromatic heterocycles. The smallest absolute Gasteiger partial charge is 0.250 e. The molecule has 0 heterocycles. The maximum atomic E-state index is 11.7. The predicted molar refractivity (Wildman–Crippen MR) is 74.8 cm³/mol. The van der Waals surface area contributed by atoms with Crippen LogP contribution in [0.25, 0.3) is 11.1 Å². The molecule has 94 valence electrons. The van der Waals surface area contributed by atoms with E-state index >= 15 is 0 Å². The van der Waals surface area contributed by atoms with Gasteiger partial charge in [-0.1, -0.05) is 37.3 Å². The third-order valence-corrected chi connectivity index (χ3v) is 3.32. The molecule has 2 aromatic carbocycles. The molecule has 2 rings (SSSR count). The van der Waals surface area contributed by atoms with Gasteiger partial charge in [0.2, 0.25) is 10.9 Å². The van der Waals surface area contributed by atoms with Crippen molar-refractivity contribution in [3.05, 3.63) is 50.8 Å². The second-order valence-corrected chi connectivity index (χ2v) is 5.14. The van der Waals surface area contributed by atoms with Gasteiger partial charge in [-0.15, -0.1) is 0 Å². The van der Waals surface area contributed by atoms with Crippen molar-refractivity contribution < 1.29 is 0 Å². The first kappa shape index (κ1) is 12.6. The number of hydrogen-bond donors (Lipinski definition) is 1. The highest BCUT2D eigenvalue weighted by Crippen LogP contribution is 2.26. The van der Waals surface area contributed by atoms with Gasteiger partial charge in [0, 0.05) is 5.54 Å². The average molecular weight is 243 g/mol. The summed E-state index contributed by atoms with van der Waals surface area (Å²) in [6.07, 6.45) is 0.875. The molecule has 0 unspecified atom stereocenters. The molecular weight excluding hydrogens is 226 g/mol. The maximum Gasteiger partial charge on any atom is 0.250 e. The van der Waals surface area contributed by atoms with Crippen LogP contribution in [-0.2, 0) is 0 Å². The molecule has 0 amide bonds. The van der Waals surface area contributed by atoms with Crippen LogP contribution in [-0.4, -0.2) is 5.54 Å². The highest BCUT2D eigenvalue weighted by Gasteiger charge is 2.26. The van der Waals surface area contributed by atoms with E-state index in [-0.39, 0.29) is 5.54 Å². The Hall–Kier alpha value is -1.90. The first-order chi connectivity index (χ1) is 8.46. The molecule has 0 spiro atoms. The van der Waals surface area contributed by atoms with E-state index in [9.17, 15) is 9.59 Å². The summed E-state index contributed by atoms with van der Waals surface area (Å²) in [7, 11) is 0. The van der Waals surface area contributed by atoms with Crippen molar-refractivity contribution in [2.24, 2.45) is 0 Å². The van der Waals surface area contributed by atoms with Crippen LogP contribution < -0.4 is 16.2 Å².